The third-order valence-electron chi connectivity index (χ3n) is 3.86. The molecule has 0 unspecified atom stereocenters. The van der Waals surface area contributed by atoms with Crippen LogP contribution in [0.4, 0.5) is 5.69 Å². The topological polar surface area (TPSA) is 66.5 Å². The molecule has 126 valence electrons. The van der Waals surface area contributed by atoms with Gasteiger partial charge in [-0.15, -0.1) is 0 Å². The molecule has 1 heterocycles. The predicted octanol–water partition coefficient (Wildman–Crippen LogP) is 3.38. The van der Waals surface area contributed by atoms with Crippen LogP contribution in [0.15, 0.2) is 53.4 Å². The van der Waals surface area contributed by atoms with Crippen molar-refractivity contribution in [2.24, 2.45) is 0 Å². The number of carbonyl (C=O) groups is 1. The third-order valence-corrected chi connectivity index (χ3v) is 5.48. The first-order valence-electron chi connectivity index (χ1n) is 7.63. The summed E-state index contributed by atoms with van der Waals surface area (Å²) in [6, 6.07) is 12.6. The monoisotopic (exact) mass is 364 g/mol. The molecular weight excluding hydrogens is 348 g/mol. The number of rotatable bonds is 4. The molecule has 0 aromatic heterocycles. The summed E-state index contributed by atoms with van der Waals surface area (Å²) in [5, 5.41) is 0.438. The molecule has 0 atom stereocenters. The van der Waals surface area contributed by atoms with Gasteiger partial charge < -0.3 is 4.90 Å². The van der Waals surface area contributed by atoms with E-state index in [1.165, 1.54) is 18.2 Å². The van der Waals surface area contributed by atoms with Crippen molar-refractivity contribution in [3.05, 3.63) is 59.1 Å². The fourth-order valence-corrected chi connectivity index (χ4v) is 3.95. The minimum absolute atomic E-state index is 0.0486. The lowest BCUT2D eigenvalue weighted by Crippen LogP contribution is -2.27. The molecule has 3 rings (SSSR count). The van der Waals surface area contributed by atoms with Gasteiger partial charge in [0.25, 0.3) is 15.9 Å². The highest BCUT2D eigenvalue weighted by molar-refractivity contribution is 7.92. The average Bonchev–Trinajstić information content (AvgIpc) is 3.08. The Morgan fingerprint density at radius 3 is 2.46 bits per heavy atom. The van der Waals surface area contributed by atoms with Crippen LogP contribution in [0.1, 0.15) is 23.2 Å². The van der Waals surface area contributed by atoms with E-state index in [2.05, 4.69) is 4.72 Å². The standard InChI is InChI=1S/C17H17ClN2O3S/c18-14-6-4-7-15(12-14)19-24(22,23)16-8-3-5-13(11-16)17(21)20-9-1-2-10-20/h3-8,11-12,19H,1-2,9-10H2. The normalized spacial score (nSPS) is 14.6. The molecule has 2 aromatic rings. The predicted molar refractivity (Wildman–Crippen MR) is 93.8 cm³/mol. The zero-order valence-corrected chi connectivity index (χ0v) is 14.5. The van der Waals surface area contributed by atoms with Gasteiger partial charge in [-0.1, -0.05) is 23.7 Å². The molecule has 0 aliphatic carbocycles. The van der Waals surface area contributed by atoms with Crippen molar-refractivity contribution < 1.29 is 13.2 Å². The number of sulfonamides is 1. The summed E-state index contributed by atoms with van der Waals surface area (Å²) in [6.07, 6.45) is 1.97. The first-order valence-corrected chi connectivity index (χ1v) is 9.49. The van der Waals surface area contributed by atoms with Crippen molar-refractivity contribution in [3.8, 4) is 0 Å². The lowest BCUT2D eigenvalue weighted by atomic mass is 10.2. The molecule has 0 spiro atoms. The number of halogens is 1. The molecule has 1 saturated heterocycles. The number of anilines is 1. The molecule has 7 heteroatoms. The molecule has 0 bridgehead atoms. The van der Waals surface area contributed by atoms with Crippen LogP contribution in [-0.2, 0) is 10.0 Å². The maximum absolute atomic E-state index is 12.5. The molecule has 0 radical (unpaired) electrons. The van der Waals surface area contributed by atoms with Gasteiger partial charge in [-0.25, -0.2) is 8.42 Å². The van der Waals surface area contributed by atoms with E-state index >= 15 is 0 Å². The first kappa shape index (κ1) is 16.8. The Hall–Kier alpha value is -2.05. The van der Waals surface area contributed by atoms with Gasteiger partial charge >= 0.3 is 0 Å². The average molecular weight is 365 g/mol. The van der Waals surface area contributed by atoms with Crippen LogP contribution in [0.5, 0.6) is 0 Å². The zero-order chi connectivity index (χ0) is 17.2. The summed E-state index contributed by atoms with van der Waals surface area (Å²) in [5.74, 6) is -0.132. The Morgan fingerprint density at radius 2 is 1.75 bits per heavy atom. The maximum Gasteiger partial charge on any atom is 0.261 e. The largest absolute Gasteiger partial charge is 0.339 e. The Balaban J connectivity index is 1.85. The molecule has 24 heavy (non-hydrogen) atoms. The molecule has 1 fully saturated rings. The quantitative estimate of drug-likeness (QED) is 0.904. The van der Waals surface area contributed by atoms with Crippen molar-refractivity contribution in [2.45, 2.75) is 17.7 Å². The summed E-state index contributed by atoms with van der Waals surface area (Å²) >= 11 is 5.87. The van der Waals surface area contributed by atoms with Gasteiger partial charge in [-0.3, -0.25) is 9.52 Å². The van der Waals surface area contributed by atoms with Crippen LogP contribution in [0, 0.1) is 0 Å². The second-order valence-electron chi connectivity index (χ2n) is 5.64. The van der Waals surface area contributed by atoms with Crippen molar-refractivity contribution in [2.75, 3.05) is 17.8 Å². The van der Waals surface area contributed by atoms with E-state index in [0.29, 0.717) is 16.3 Å². The highest BCUT2D eigenvalue weighted by Crippen LogP contribution is 2.21. The van der Waals surface area contributed by atoms with E-state index in [1.54, 1.807) is 35.2 Å². The Kier molecular flexibility index (Phi) is 4.78. The molecule has 5 nitrogen and oxygen atoms in total. The van der Waals surface area contributed by atoms with Crippen molar-refractivity contribution >= 4 is 33.2 Å². The van der Waals surface area contributed by atoms with Crippen LogP contribution in [0.25, 0.3) is 0 Å². The number of nitrogens with zero attached hydrogens (tertiary/aromatic N) is 1. The molecule has 1 aliphatic rings. The molecule has 2 aromatic carbocycles. The highest BCUT2D eigenvalue weighted by Gasteiger charge is 2.22. The van der Waals surface area contributed by atoms with E-state index in [9.17, 15) is 13.2 Å². The fourth-order valence-electron chi connectivity index (χ4n) is 2.67. The minimum Gasteiger partial charge on any atom is -0.339 e. The van der Waals surface area contributed by atoms with E-state index < -0.39 is 10.0 Å². The first-order chi connectivity index (χ1) is 11.5. The zero-order valence-electron chi connectivity index (χ0n) is 12.9. The molecule has 1 aliphatic heterocycles. The summed E-state index contributed by atoms with van der Waals surface area (Å²) in [5.41, 5.74) is 0.754. The Morgan fingerprint density at radius 1 is 1.04 bits per heavy atom. The van der Waals surface area contributed by atoms with Crippen LogP contribution < -0.4 is 4.72 Å². The van der Waals surface area contributed by atoms with Crippen LogP contribution >= 0.6 is 11.6 Å². The fraction of sp³-hybridized carbons (Fsp3) is 0.235. The third kappa shape index (κ3) is 3.71. The van der Waals surface area contributed by atoms with E-state index in [-0.39, 0.29) is 10.8 Å². The van der Waals surface area contributed by atoms with Crippen LogP contribution in [-0.4, -0.2) is 32.3 Å². The molecular formula is C17H17ClN2O3S. The smallest absolute Gasteiger partial charge is 0.261 e. The molecule has 1 amide bonds. The van der Waals surface area contributed by atoms with Crippen molar-refractivity contribution in [3.63, 3.8) is 0 Å². The van der Waals surface area contributed by atoms with E-state index in [0.717, 1.165) is 25.9 Å². The number of amides is 1. The van der Waals surface area contributed by atoms with Gasteiger partial charge in [0.2, 0.25) is 0 Å². The summed E-state index contributed by atoms with van der Waals surface area (Å²) in [6.45, 7) is 1.44. The lowest BCUT2D eigenvalue weighted by molar-refractivity contribution is 0.0792. The van der Waals surface area contributed by atoms with Gasteiger partial charge in [0.05, 0.1) is 10.6 Å². The number of hydrogen-bond donors (Lipinski definition) is 1. The van der Waals surface area contributed by atoms with E-state index in [4.69, 9.17) is 11.6 Å². The van der Waals surface area contributed by atoms with E-state index in [1.807, 2.05) is 0 Å². The van der Waals surface area contributed by atoms with Gasteiger partial charge in [0.1, 0.15) is 0 Å². The SMILES string of the molecule is O=C(c1cccc(S(=O)(=O)Nc2cccc(Cl)c2)c1)N1CCCC1. The number of likely N-dealkylation sites (tertiary alicyclic amines) is 1. The van der Waals surface area contributed by atoms with Crippen LogP contribution in [0.3, 0.4) is 0 Å². The van der Waals surface area contributed by atoms with Gasteiger partial charge in [-0.05, 0) is 49.2 Å². The number of nitrogens with one attached hydrogen (secondary N) is 1. The Bertz CT molecular complexity index is 862. The summed E-state index contributed by atoms with van der Waals surface area (Å²) < 4.78 is 27.5. The lowest BCUT2D eigenvalue weighted by Gasteiger charge is -2.16. The van der Waals surface area contributed by atoms with Gasteiger partial charge in [0, 0.05) is 23.7 Å². The minimum atomic E-state index is -3.79. The summed E-state index contributed by atoms with van der Waals surface area (Å²) in [7, 11) is -3.79. The number of carbonyl (C=O) groups excluding carboxylic acids is 1. The van der Waals surface area contributed by atoms with Gasteiger partial charge in [0.15, 0.2) is 0 Å². The molecule has 0 saturated carbocycles. The second-order valence-corrected chi connectivity index (χ2v) is 7.76. The van der Waals surface area contributed by atoms with Crippen molar-refractivity contribution in [1.29, 1.82) is 0 Å². The Labute approximate surface area is 146 Å². The summed E-state index contributed by atoms with van der Waals surface area (Å²) in [4.78, 5) is 14.2. The molecule has 1 N–H and O–H groups in total. The van der Waals surface area contributed by atoms with Crippen LogP contribution in [0.2, 0.25) is 5.02 Å². The van der Waals surface area contributed by atoms with Crippen molar-refractivity contribution in [1.82, 2.24) is 4.90 Å². The number of benzene rings is 2. The second kappa shape index (κ2) is 6.83. The highest BCUT2D eigenvalue weighted by atomic mass is 35.5. The van der Waals surface area contributed by atoms with Gasteiger partial charge in [-0.2, -0.15) is 0 Å². The maximum atomic E-state index is 12.5. The number of hydrogen-bond acceptors (Lipinski definition) is 3.